The predicted molar refractivity (Wildman–Crippen MR) is 104 cm³/mol. The summed E-state index contributed by atoms with van der Waals surface area (Å²) in [5, 5.41) is 18.2. The Balaban J connectivity index is 2.28. The molecule has 2 rings (SSSR count). The molecule has 0 fully saturated rings. The lowest BCUT2D eigenvalue weighted by atomic mass is 9.91. The highest BCUT2D eigenvalue weighted by atomic mass is 35.5. The first-order valence-corrected chi connectivity index (χ1v) is 9.30. The minimum Gasteiger partial charge on any atom is -0.501 e. The smallest absolute Gasteiger partial charge is 0.192 e. The maximum absolute atomic E-state index is 12.9. The van der Waals surface area contributed by atoms with E-state index in [0.717, 1.165) is 0 Å². The third-order valence-electron chi connectivity index (χ3n) is 4.76. The monoisotopic (exact) mass is 434 g/mol. The molecular formula is C19H24Cl2O7. The number of hydrogen-bond donors (Lipinski definition) is 2. The number of halogens is 2. The van der Waals surface area contributed by atoms with Gasteiger partial charge in [-0.2, -0.15) is 0 Å². The maximum atomic E-state index is 12.9. The minimum absolute atomic E-state index is 0.00206. The molecule has 0 saturated carbocycles. The number of carbonyl (C=O) groups is 1. The van der Waals surface area contributed by atoms with Crippen molar-refractivity contribution in [1.82, 2.24) is 0 Å². The summed E-state index contributed by atoms with van der Waals surface area (Å²) in [6.45, 7) is 0. The molecular weight excluding hydrogens is 411 g/mol. The topological polar surface area (TPSA) is 94.5 Å². The molecule has 2 aliphatic carbocycles. The fraction of sp³-hybridized carbons (Fsp3) is 0.526. The molecule has 0 aromatic carbocycles. The average molecular weight is 435 g/mol. The number of hydrogen-bond acceptors (Lipinski definition) is 7. The van der Waals surface area contributed by atoms with Crippen LogP contribution in [0.15, 0.2) is 47.0 Å². The largest absolute Gasteiger partial charge is 0.501 e. The van der Waals surface area contributed by atoms with Crippen LogP contribution in [-0.2, 0) is 23.7 Å². The van der Waals surface area contributed by atoms with Gasteiger partial charge in [-0.3, -0.25) is 4.79 Å². The van der Waals surface area contributed by atoms with Crippen molar-refractivity contribution in [1.29, 1.82) is 0 Å². The fourth-order valence-corrected chi connectivity index (χ4v) is 3.66. The highest BCUT2D eigenvalue weighted by molar-refractivity contribution is 6.43. The lowest BCUT2D eigenvalue weighted by Gasteiger charge is -2.31. The third kappa shape index (κ3) is 4.62. The van der Waals surface area contributed by atoms with Crippen LogP contribution in [0.2, 0.25) is 0 Å². The van der Waals surface area contributed by atoms with Crippen molar-refractivity contribution in [3.05, 3.63) is 47.0 Å². The van der Waals surface area contributed by atoms with Crippen LogP contribution in [0.5, 0.6) is 0 Å². The van der Waals surface area contributed by atoms with Crippen molar-refractivity contribution in [2.24, 2.45) is 0 Å². The van der Waals surface area contributed by atoms with Gasteiger partial charge in [0.05, 0.1) is 27.1 Å². The van der Waals surface area contributed by atoms with Crippen LogP contribution in [0.4, 0.5) is 0 Å². The molecule has 2 N–H and O–H groups in total. The van der Waals surface area contributed by atoms with Crippen molar-refractivity contribution in [3.8, 4) is 0 Å². The van der Waals surface area contributed by atoms with Crippen molar-refractivity contribution < 1.29 is 34.0 Å². The van der Waals surface area contributed by atoms with E-state index in [4.69, 9.17) is 42.1 Å². The number of ether oxygens (including phenoxy) is 4. The van der Waals surface area contributed by atoms with Gasteiger partial charge in [-0.1, -0.05) is 12.2 Å². The zero-order valence-electron chi connectivity index (χ0n) is 16.1. The van der Waals surface area contributed by atoms with Crippen molar-refractivity contribution in [2.45, 2.75) is 35.2 Å². The van der Waals surface area contributed by atoms with Gasteiger partial charge in [-0.05, 0) is 12.2 Å². The summed E-state index contributed by atoms with van der Waals surface area (Å²) in [4.78, 5) is 12.9. The Morgan fingerprint density at radius 3 is 1.54 bits per heavy atom. The molecule has 0 amide bonds. The van der Waals surface area contributed by atoms with E-state index >= 15 is 0 Å². The number of rotatable bonds is 8. The molecule has 156 valence electrons. The summed E-state index contributed by atoms with van der Waals surface area (Å²) in [6.07, 6.45) is 5.77. The molecule has 0 heterocycles. The van der Waals surface area contributed by atoms with Crippen LogP contribution >= 0.6 is 23.2 Å². The highest BCUT2D eigenvalue weighted by Gasteiger charge is 2.39. The molecule has 7 nitrogen and oxygen atoms in total. The molecule has 0 aromatic rings. The van der Waals surface area contributed by atoms with Gasteiger partial charge in [0, 0.05) is 25.4 Å². The van der Waals surface area contributed by atoms with Crippen LogP contribution in [0.3, 0.4) is 0 Å². The average Bonchev–Trinajstić information content (AvgIpc) is 2.71. The molecule has 4 unspecified atom stereocenters. The Kier molecular flexibility index (Phi) is 7.36. The number of aliphatic hydroxyl groups is 2. The second-order valence-electron chi connectivity index (χ2n) is 6.41. The Bertz CT molecular complexity index is 683. The van der Waals surface area contributed by atoms with E-state index in [1.807, 2.05) is 0 Å². The Labute approximate surface area is 173 Å². The van der Waals surface area contributed by atoms with Gasteiger partial charge in [-0.15, -0.1) is 23.2 Å². The molecule has 2 aliphatic rings. The van der Waals surface area contributed by atoms with E-state index in [0.29, 0.717) is 22.7 Å². The van der Waals surface area contributed by atoms with E-state index in [1.165, 1.54) is 52.7 Å². The van der Waals surface area contributed by atoms with E-state index in [9.17, 15) is 15.0 Å². The van der Waals surface area contributed by atoms with Gasteiger partial charge in [0.1, 0.15) is 22.3 Å². The summed E-state index contributed by atoms with van der Waals surface area (Å²) in [5.41, 5.74) is 0.767. The molecule has 0 bridgehead atoms. The number of carbonyl (C=O) groups excluding carboxylic acids is 1. The molecule has 0 aliphatic heterocycles. The summed E-state index contributed by atoms with van der Waals surface area (Å²) in [7, 11) is 5.54. The number of alkyl halides is 2. The van der Waals surface area contributed by atoms with Crippen molar-refractivity contribution in [3.63, 3.8) is 0 Å². The second-order valence-corrected chi connectivity index (χ2v) is 7.28. The molecule has 0 saturated heterocycles. The number of Topliss-reactive ketones (excluding diaryl/α,β-unsaturated/α-hetero) is 1. The van der Waals surface area contributed by atoms with Crippen LogP contribution in [0.25, 0.3) is 0 Å². The van der Waals surface area contributed by atoms with Gasteiger partial charge < -0.3 is 29.2 Å². The maximum Gasteiger partial charge on any atom is 0.192 e. The first kappa shape index (κ1) is 22.9. The summed E-state index contributed by atoms with van der Waals surface area (Å²) in [5.74, 6) is -2.93. The molecule has 0 spiro atoms. The lowest BCUT2D eigenvalue weighted by molar-refractivity contribution is -0.151. The van der Waals surface area contributed by atoms with Gasteiger partial charge >= 0.3 is 0 Å². The van der Waals surface area contributed by atoms with Crippen LogP contribution < -0.4 is 0 Å². The Morgan fingerprint density at radius 1 is 0.893 bits per heavy atom. The highest BCUT2D eigenvalue weighted by Crippen LogP contribution is 2.35. The van der Waals surface area contributed by atoms with Gasteiger partial charge in [0.2, 0.25) is 0 Å². The number of methoxy groups -OCH3 is 4. The molecule has 4 atom stereocenters. The van der Waals surface area contributed by atoms with E-state index < -0.39 is 28.1 Å². The minimum atomic E-state index is -1.53. The van der Waals surface area contributed by atoms with Crippen molar-refractivity contribution >= 4 is 29.0 Å². The van der Waals surface area contributed by atoms with Gasteiger partial charge in [0.25, 0.3) is 0 Å². The van der Waals surface area contributed by atoms with Crippen LogP contribution in [0, 0.1) is 0 Å². The van der Waals surface area contributed by atoms with Gasteiger partial charge in [0.15, 0.2) is 17.4 Å². The number of allylic oxidation sites excluding steroid dienone is 4. The molecule has 0 radical (unpaired) electrons. The lowest BCUT2D eigenvalue weighted by Crippen LogP contribution is -2.36. The summed E-state index contributed by atoms with van der Waals surface area (Å²) >= 11 is 12.8. The quantitative estimate of drug-likeness (QED) is 0.446. The predicted octanol–water partition coefficient (Wildman–Crippen LogP) is 2.16. The molecule has 0 aromatic heterocycles. The van der Waals surface area contributed by atoms with Crippen LogP contribution in [-0.4, -0.2) is 66.8 Å². The molecule has 28 heavy (non-hydrogen) atoms. The zero-order chi connectivity index (χ0) is 21.1. The van der Waals surface area contributed by atoms with E-state index in [1.54, 1.807) is 0 Å². The second kappa shape index (κ2) is 8.98. The standard InChI is InChI=1S/C19H24Cl2O7/c1-25-13-9-18(23,27-3)7-5-11(13)15(20)17(22)16(21)12-6-8-19(24,28-4)10-14(12)26-2/h5-8,15-16,23-24H,9-10H2,1-4H3. The first-order valence-electron chi connectivity index (χ1n) is 8.43. The normalized spacial score (nSPS) is 29.7. The van der Waals surface area contributed by atoms with Crippen molar-refractivity contribution in [2.75, 3.05) is 28.4 Å². The zero-order valence-corrected chi connectivity index (χ0v) is 17.6. The molecule has 9 heteroatoms. The number of ketones is 1. The van der Waals surface area contributed by atoms with E-state index in [-0.39, 0.29) is 12.8 Å². The Hall–Kier alpha value is -1.35. The SMILES string of the molecule is COC1=C(C(Cl)C(=O)C(Cl)C2=C(OC)CC(O)(OC)C=C2)C=CC(O)(OC)C1. The first-order chi connectivity index (χ1) is 13.1. The summed E-state index contributed by atoms with van der Waals surface area (Å²) < 4.78 is 20.6. The van der Waals surface area contributed by atoms with Crippen LogP contribution in [0.1, 0.15) is 12.8 Å². The van der Waals surface area contributed by atoms with Gasteiger partial charge in [-0.25, -0.2) is 0 Å². The fourth-order valence-electron chi connectivity index (χ4n) is 2.96. The third-order valence-corrected chi connectivity index (χ3v) is 5.66. The van der Waals surface area contributed by atoms with E-state index in [2.05, 4.69) is 0 Å². The Morgan fingerprint density at radius 2 is 1.25 bits per heavy atom. The summed E-state index contributed by atoms with van der Waals surface area (Å²) in [6, 6.07) is 0.